The van der Waals surface area contributed by atoms with Crippen LogP contribution in [0.15, 0.2) is 59.6 Å². The molecule has 0 fully saturated rings. The van der Waals surface area contributed by atoms with Gasteiger partial charge in [0.15, 0.2) is 5.96 Å². The van der Waals surface area contributed by atoms with Crippen LogP contribution in [0.4, 0.5) is 0 Å². The van der Waals surface area contributed by atoms with Crippen molar-refractivity contribution in [3.63, 3.8) is 0 Å². The summed E-state index contributed by atoms with van der Waals surface area (Å²) in [5, 5.41) is 3.41. The second kappa shape index (κ2) is 10.9. The molecule has 0 saturated heterocycles. The van der Waals surface area contributed by atoms with Crippen LogP contribution in [0, 0.1) is 0 Å². The fourth-order valence-electron chi connectivity index (χ4n) is 2.46. The molecule has 0 atom stereocenters. The van der Waals surface area contributed by atoms with Crippen LogP contribution < -0.4 is 10.1 Å². The first-order valence-electron chi connectivity index (χ1n) is 7.81. The lowest BCUT2D eigenvalue weighted by molar-refractivity contribution is 0.414. The van der Waals surface area contributed by atoms with Gasteiger partial charge in [0.1, 0.15) is 5.75 Å². The number of methoxy groups -OCH3 is 1. The molecule has 0 aliphatic rings. The van der Waals surface area contributed by atoms with Crippen molar-refractivity contribution in [2.75, 3.05) is 27.7 Å². The Morgan fingerprint density at radius 1 is 1.08 bits per heavy atom. The maximum atomic E-state index is 5.26. The Bertz CT molecular complexity index is 632. The highest BCUT2D eigenvalue weighted by Gasteiger charge is 2.06. The summed E-state index contributed by atoms with van der Waals surface area (Å²) in [7, 11) is 5.56. The first-order valence-corrected chi connectivity index (χ1v) is 7.81. The molecule has 2 aromatic carbocycles. The molecule has 5 heteroatoms. The van der Waals surface area contributed by atoms with Gasteiger partial charge in [-0.3, -0.25) is 4.99 Å². The van der Waals surface area contributed by atoms with E-state index < -0.39 is 0 Å². The first kappa shape index (κ1) is 20.3. The van der Waals surface area contributed by atoms with Gasteiger partial charge in [-0.25, -0.2) is 0 Å². The summed E-state index contributed by atoms with van der Waals surface area (Å²) >= 11 is 0. The molecule has 0 radical (unpaired) electrons. The minimum Gasteiger partial charge on any atom is -0.497 e. The number of aliphatic imine (C=N–C) groups is 1. The molecule has 0 aromatic heterocycles. The summed E-state index contributed by atoms with van der Waals surface area (Å²) in [6.45, 7) is 1.67. The quantitative estimate of drug-likeness (QED) is 0.425. The highest BCUT2D eigenvalue weighted by molar-refractivity contribution is 14.0. The van der Waals surface area contributed by atoms with Crippen LogP contribution in [0.25, 0.3) is 0 Å². The van der Waals surface area contributed by atoms with Crippen LogP contribution >= 0.6 is 24.0 Å². The number of nitrogens with one attached hydrogen (secondary N) is 1. The Labute approximate surface area is 162 Å². The highest BCUT2D eigenvalue weighted by atomic mass is 127. The minimum absolute atomic E-state index is 0. The number of hydrogen-bond acceptors (Lipinski definition) is 2. The van der Waals surface area contributed by atoms with Crippen molar-refractivity contribution in [1.82, 2.24) is 10.2 Å². The van der Waals surface area contributed by atoms with Crippen LogP contribution in [-0.4, -0.2) is 38.6 Å². The summed E-state index contributed by atoms with van der Waals surface area (Å²) in [6.07, 6.45) is 0.926. The molecule has 0 aliphatic carbocycles. The molecule has 0 spiro atoms. The van der Waals surface area contributed by atoms with E-state index in [0.29, 0.717) is 0 Å². The number of ether oxygens (including phenoxy) is 1. The fourth-order valence-corrected chi connectivity index (χ4v) is 2.46. The SMILES string of the molecule is CN=C(NCCc1cccc(OC)c1)N(C)Cc1ccccc1.I. The predicted octanol–water partition coefficient (Wildman–Crippen LogP) is 3.56. The molecule has 0 heterocycles. The number of nitrogens with zero attached hydrogens (tertiary/aromatic N) is 2. The molecule has 0 bridgehead atoms. The predicted molar refractivity (Wildman–Crippen MR) is 111 cm³/mol. The van der Waals surface area contributed by atoms with E-state index in [2.05, 4.69) is 51.6 Å². The average Bonchev–Trinajstić information content (AvgIpc) is 2.59. The normalized spacial score (nSPS) is 10.7. The lowest BCUT2D eigenvalue weighted by atomic mass is 10.1. The maximum absolute atomic E-state index is 5.26. The summed E-state index contributed by atoms with van der Waals surface area (Å²) in [5.41, 5.74) is 2.52. The third-order valence-electron chi connectivity index (χ3n) is 3.67. The van der Waals surface area contributed by atoms with Crippen molar-refractivity contribution in [2.24, 2.45) is 4.99 Å². The van der Waals surface area contributed by atoms with Gasteiger partial charge in [0.25, 0.3) is 0 Å². The minimum atomic E-state index is 0. The summed E-state index contributed by atoms with van der Waals surface area (Å²) < 4.78 is 5.26. The zero-order valence-electron chi connectivity index (χ0n) is 14.5. The highest BCUT2D eigenvalue weighted by Crippen LogP contribution is 2.12. The van der Waals surface area contributed by atoms with Crippen LogP contribution in [-0.2, 0) is 13.0 Å². The van der Waals surface area contributed by atoms with Gasteiger partial charge in [-0.15, -0.1) is 24.0 Å². The van der Waals surface area contributed by atoms with Gasteiger partial charge in [0.2, 0.25) is 0 Å². The Morgan fingerprint density at radius 2 is 1.79 bits per heavy atom. The van der Waals surface area contributed by atoms with E-state index in [9.17, 15) is 0 Å². The van der Waals surface area contributed by atoms with Crippen molar-refractivity contribution in [3.05, 3.63) is 65.7 Å². The maximum Gasteiger partial charge on any atom is 0.193 e. The van der Waals surface area contributed by atoms with E-state index in [1.165, 1.54) is 11.1 Å². The van der Waals surface area contributed by atoms with E-state index in [0.717, 1.165) is 31.2 Å². The van der Waals surface area contributed by atoms with Gasteiger partial charge >= 0.3 is 0 Å². The first-order chi connectivity index (χ1) is 11.2. The number of hydrogen-bond donors (Lipinski definition) is 1. The molecular weight excluding hydrogens is 413 g/mol. The lowest BCUT2D eigenvalue weighted by Gasteiger charge is -2.22. The third-order valence-corrected chi connectivity index (χ3v) is 3.67. The number of guanidine groups is 1. The zero-order chi connectivity index (χ0) is 16.5. The van der Waals surface area contributed by atoms with Crippen LogP contribution in [0.5, 0.6) is 5.75 Å². The Kier molecular flexibility index (Phi) is 9.22. The zero-order valence-corrected chi connectivity index (χ0v) is 16.9. The topological polar surface area (TPSA) is 36.9 Å². The van der Waals surface area contributed by atoms with Gasteiger partial charge in [-0.05, 0) is 29.7 Å². The second-order valence-electron chi connectivity index (χ2n) is 5.42. The van der Waals surface area contributed by atoms with E-state index in [4.69, 9.17) is 4.74 Å². The van der Waals surface area contributed by atoms with Crippen molar-refractivity contribution >= 4 is 29.9 Å². The molecule has 4 nitrogen and oxygen atoms in total. The molecule has 1 N–H and O–H groups in total. The third kappa shape index (κ3) is 6.39. The van der Waals surface area contributed by atoms with Gasteiger partial charge in [0.05, 0.1) is 7.11 Å². The van der Waals surface area contributed by atoms with Gasteiger partial charge < -0.3 is 15.0 Å². The Balaban J connectivity index is 0.00000288. The molecule has 130 valence electrons. The average molecular weight is 439 g/mol. The Morgan fingerprint density at radius 3 is 2.46 bits per heavy atom. The Hall–Kier alpha value is -1.76. The van der Waals surface area contributed by atoms with Crippen molar-refractivity contribution < 1.29 is 4.74 Å². The van der Waals surface area contributed by atoms with Crippen LogP contribution in [0.2, 0.25) is 0 Å². The lowest BCUT2D eigenvalue weighted by Crippen LogP contribution is -2.39. The van der Waals surface area contributed by atoms with Gasteiger partial charge in [0, 0.05) is 27.2 Å². The fraction of sp³-hybridized carbons (Fsp3) is 0.316. The van der Waals surface area contributed by atoms with Crippen LogP contribution in [0.1, 0.15) is 11.1 Å². The molecule has 0 amide bonds. The standard InChI is InChI=1S/C19H25N3O.HI/c1-20-19(22(2)15-17-8-5-4-6-9-17)21-13-12-16-10-7-11-18(14-16)23-3;/h4-11,14H,12-13,15H2,1-3H3,(H,20,21);1H. The largest absolute Gasteiger partial charge is 0.497 e. The molecule has 24 heavy (non-hydrogen) atoms. The van der Waals surface area contributed by atoms with E-state index >= 15 is 0 Å². The summed E-state index contributed by atoms with van der Waals surface area (Å²) in [6, 6.07) is 18.6. The van der Waals surface area contributed by atoms with E-state index in [-0.39, 0.29) is 24.0 Å². The molecule has 2 aromatic rings. The number of benzene rings is 2. The van der Waals surface area contributed by atoms with Crippen molar-refractivity contribution in [1.29, 1.82) is 0 Å². The summed E-state index contributed by atoms with van der Waals surface area (Å²) in [5.74, 6) is 1.80. The second-order valence-corrected chi connectivity index (χ2v) is 5.42. The van der Waals surface area contributed by atoms with Gasteiger partial charge in [-0.2, -0.15) is 0 Å². The molecule has 0 saturated carbocycles. The van der Waals surface area contributed by atoms with Crippen molar-refractivity contribution in [2.45, 2.75) is 13.0 Å². The summed E-state index contributed by atoms with van der Waals surface area (Å²) in [4.78, 5) is 6.48. The van der Waals surface area contributed by atoms with Crippen LogP contribution in [0.3, 0.4) is 0 Å². The molecule has 0 aliphatic heterocycles. The smallest absolute Gasteiger partial charge is 0.193 e. The molecular formula is C19H26IN3O. The number of halogens is 1. The van der Waals surface area contributed by atoms with Crippen molar-refractivity contribution in [3.8, 4) is 5.75 Å². The molecule has 0 unspecified atom stereocenters. The van der Waals surface area contributed by atoms with E-state index in [1.807, 2.05) is 32.3 Å². The molecule has 2 rings (SSSR count). The van der Waals surface area contributed by atoms with E-state index in [1.54, 1.807) is 7.11 Å². The number of rotatable bonds is 6. The van der Waals surface area contributed by atoms with Gasteiger partial charge in [-0.1, -0.05) is 42.5 Å². The monoisotopic (exact) mass is 439 g/mol.